The third kappa shape index (κ3) is 3.51. The molecule has 118 valence electrons. The lowest BCUT2D eigenvalue weighted by molar-refractivity contribution is 0.175. The average Bonchev–Trinajstić information content (AvgIpc) is 3.11. The van der Waals surface area contributed by atoms with E-state index in [1.54, 1.807) is 19.1 Å². The third-order valence-corrected chi connectivity index (χ3v) is 4.01. The molecule has 1 aromatic carbocycles. The molecule has 0 unspecified atom stereocenters. The van der Waals surface area contributed by atoms with Crippen molar-refractivity contribution in [1.29, 1.82) is 0 Å². The SMILES string of the molecule is Cc1ccc(-c2noc(CCCN3CC[C@H](O)C3)n2)cc1F. The first-order chi connectivity index (χ1) is 10.6. The molecule has 0 bridgehead atoms. The number of rotatable bonds is 5. The summed E-state index contributed by atoms with van der Waals surface area (Å²) in [4.78, 5) is 6.55. The number of aryl methyl sites for hydroxylation is 2. The fourth-order valence-corrected chi connectivity index (χ4v) is 2.67. The smallest absolute Gasteiger partial charge is 0.227 e. The maximum Gasteiger partial charge on any atom is 0.227 e. The van der Waals surface area contributed by atoms with Gasteiger partial charge in [-0.05, 0) is 37.9 Å². The van der Waals surface area contributed by atoms with Crippen molar-refractivity contribution in [3.05, 3.63) is 35.5 Å². The zero-order chi connectivity index (χ0) is 15.5. The third-order valence-electron chi connectivity index (χ3n) is 4.01. The number of β-amino-alcohol motifs (C(OH)–C–C–N with tert-alkyl or cyclic N) is 1. The number of nitrogens with zero attached hydrogens (tertiary/aromatic N) is 3. The van der Waals surface area contributed by atoms with Crippen LogP contribution >= 0.6 is 0 Å². The van der Waals surface area contributed by atoms with E-state index in [9.17, 15) is 9.50 Å². The van der Waals surface area contributed by atoms with Gasteiger partial charge < -0.3 is 14.5 Å². The molecular formula is C16H20FN3O2. The van der Waals surface area contributed by atoms with E-state index in [0.29, 0.717) is 29.3 Å². The van der Waals surface area contributed by atoms with Gasteiger partial charge in [-0.1, -0.05) is 17.3 Å². The number of likely N-dealkylation sites (tertiary alicyclic amines) is 1. The number of aromatic nitrogens is 2. The summed E-state index contributed by atoms with van der Waals surface area (Å²) in [5.74, 6) is 0.720. The monoisotopic (exact) mass is 305 g/mol. The van der Waals surface area contributed by atoms with Gasteiger partial charge in [-0.3, -0.25) is 0 Å². The van der Waals surface area contributed by atoms with E-state index in [1.807, 2.05) is 0 Å². The molecule has 2 aromatic rings. The lowest BCUT2D eigenvalue weighted by atomic mass is 10.1. The van der Waals surface area contributed by atoms with E-state index in [4.69, 9.17) is 4.52 Å². The molecule has 22 heavy (non-hydrogen) atoms. The van der Waals surface area contributed by atoms with Gasteiger partial charge in [-0.25, -0.2) is 4.39 Å². The molecule has 0 spiro atoms. The van der Waals surface area contributed by atoms with Gasteiger partial charge in [0.1, 0.15) is 5.82 Å². The molecule has 5 nitrogen and oxygen atoms in total. The Morgan fingerprint density at radius 1 is 1.45 bits per heavy atom. The Morgan fingerprint density at radius 3 is 3.05 bits per heavy atom. The van der Waals surface area contributed by atoms with Crippen LogP contribution in [0.2, 0.25) is 0 Å². The Hall–Kier alpha value is -1.79. The highest BCUT2D eigenvalue weighted by Gasteiger charge is 2.19. The van der Waals surface area contributed by atoms with Crippen molar-refractivity contribution in [1.82, 2.24) is 15.0 Å². The van der Waals surface area contributed by atoms with Crippen LogP contribution in [0.3, 0.4) is 0 Å². The lowest BCUT2D eigenvalue weighted by Crippen LogP contribution is -2.23. The van der Waals surface area contributed by atoms with E-state index in [0.717, 1.165) is 32.5 Å². The van der Waals surface area contributed by atoms with Crippen molar-refractivity contribution in [3.8, 4) is 11.4 Å². The minimum Gasteiger partial charge on any atom is -0.392 e. The predicted molar refractivity (Wildman–Crippen MR) is 79.8 cm³/mol. The van der Waals surface area contributed by atoms with E-state index in [2.05, 4.69) is 15.0 Å². The predicted octanol–water partition coefficient (Wildman–Crippen LogP) is 2.18. The van der Waals surface area contributed by atoms with Crippen molar-refractivity contribution in [3.63, 3.8) is 0 Å². The van der Waals surface area contributed by atoms with Crippen molar-refractivity contribution in [2.24, 2.45) is 0 Å². The van der Waals surface area contributed by atoms with Gasteiger partial charge in [-0.15, -0.1) is 0 Å². The summed E-state index contributed by atoms with van der Waals surface area (Å²) in [7, 11) is 0. The second-order valence-electron chi connectivity index (χ2n) is 5.82. The molecule has 1 saturated heterocycles. The Labute approximate surface area is 128 Å². The number of benzene rings is 1. The summed E-state index contributed by atoms with van der Waals surface area (Å²) in [6.07, 6.45) is 2.25. The second kappa shape index (κ2) is 6.54. The van der Waals surface area contributed by atoms with Crippen LogP contribution in [0.5, 0.6) is 0 Å². The lowest BCUT2D eigenvalue weighted by Gasteiger charge is -2.13. The quantitative estimate of drug-likeness (QED) is 0.917. The first-order valence-electron chi connectivity index (χ1n) is 7.61. The number of halogens is 1. The van der Waals surface area contributed by atoms with Crippen LogP contribution < -0.4 is 0 Å². The summed E-state index contributed by atoms with van der Waals surface area (Å²) in [6.45, 7) is 4.32. The Bertz CT molecular complexity index is 644. The normalized spacial score (nSPS) is 19.0. The minimum absolute atomic E-state index is 0.188. The molecular weight excluding hydrogens is 285 g/mol. The zero-order valence-corrected chi connectivity index (χ0v) is 12.6. The summed E-state index contributed by atoms with van der Waals surface area (Å²) in [5.41, 5.74) is 1.22. The average molecular weight is 305 g/mol. The molecule has 1 aliphatic rings. The van der Waals surface area contributed by atoms with Gasteiger partial charge in [0.25, 0.3) is 0 Å². The molecule has 2 heterocycles. The maximum atomic E-state index is 13.6. The van der Waals surface area contributed by atoms with Crippen molar-refractivity contribution < 1.29 is 14.0 Å². The van der Waals surface area contributed by atoms with Gasteiger partial charge in [-0.2, -0.15) is 4.98 Å². The molecule has 1 aliphatic heterocycles. The first kappa shape index (κ1) is 15.1. The van der Waals surface area contributed by atoms with Crippen LogP contribution in [0.25, 0.3) is 11.4 Å². The Morgan fingerprint density at radius 2 is 2.32 bits per heavy atom. The number of hydrogen-bond donors (Lipinski definition) is 1. The highest BCUT2D eigenvalue weighted by atomic mass is 19.1. The summed E-state index contributed by atoms with van der Waals surface area (Å²) < 4.78 is 18.8. The molecule has 1 fully saturated rings. The van der Waals surface area contributed by atoms with E-state index in [-0.39, 0.29) is 11.9 Å². The Kier molecular flexibility index (Phi) is 4.49. The van der Waals surface area contributed by atoms with E-state index >= 15 is 0 Å². The summed E-state index contributed by atoms with van der Waals surface area (Å²) in [6, 6.07) is 4.92. The largest absolute Gasteiger partial charge is 0.392 e. The second-order valence-corrected chi connectivity index (χ2v) is 5.82. The van der Waals surface area contributed by atoms with Crippen molar-refractivity contribution in [2.45, 2.75) is 32.3 Å². The van der Waals surface area contributed by atoms with E-state index in [1.165, 1.54) is 6.07 Å². The number of aliphatic hydroxyl groups is 1. The van der Waals surface area contributed by atoms with Crippen molar-refractivity contribution >= 4 is 0 Å². The molecule has 1 N–H and O–H groups in total. The fourth-order valence-electron chi connectivity index (χ4n) is 2.67. The van der Waals surface area contributed by atoms with Gasteiger partial charge in [0, 0.05) is 25.1 Å². The number of hydrogen-bond acceptors (Lipinski definition) is 5. The highest BCUT2D eigenvalue weighted by molar-refractivity contribution is 5.54. The molecule has 0 aliphatic carbocycles. The molecule has 0 saturated carbocycles. The fraction of sp³-hybridized carbons (Fsp3) is 0.500. The first-order valence-corrected chi connectivity index (χ1v) is 7.61. The maximum absolute atomic E-state index is 13.6. The van der Waals surface area contributed by atoms with Gasteiger partial charge in [0.2, 0.25) is 11.7 Å². The summed E-state index contributed by atoms with van der Waals surface area (Å²) >= 11 is 0. The van der Waals surface area contributed by atoms with Crippen LogP contribution in [0.15, 0.2) is 22.7 Å². The standard InChI is InChI=1S/C16H20FN3O2/c1-11-4-5-12(9-14(11)17)16-18-15(22-19-16)3-2-7-20-8-6-13(21)10-20/h4-5,9,13,21H,2-3,6-8,10H2,1H3/t13-/m0/s1. The molecule has 1 aromatic heterocycles. The zero-order valence-electron chi connectivity index (χ0n) is 12.6. The molecule has 0 amide bonds. The highest BCUT2D eigenvalue weighted by Crippen LogP contribution is 2.19. The van der Waals surface area contributed by atoms with Gasteiger partial charge in [0.15, 0.2) is 0 Å². The van der Waals surface area contributed by atoms with E-state index < -0.39 is 0 Å². The van der Waals surface area contributed by atoms with Gasteiger partial charge in [0.05, 0.1) is 6.10 Å². The van der Waals surface area contributed by atoms with Crippen LogP contribution in [-0.2, 0) is 6.42 Å². The van der Waals surface area contributed by atoms with Gasteiger partial charge >= 0.3 is 0 Å². The molecule has 3 rings (SSSR count). The summed E-state index contributed by atoms with van der Waals surface area (Å²) in [5, 5.41) is 13.4. The van der Waals surface area contributed by atoms with Crippen LogP contribution in [0.4, 0.5) is 4.39 Å². The molecule has 1 atom stereocenters. The van der Waals surface area contributed by atoms with Crippen LogP contribution in [-0.4, -0.2) is 45.9 Å². The molecule has 0 radical (unpaired) electrons. The number of aliphatic hydroxyl groups excluding tert-OH is 1. The van der Waals surface area contributed by atoms with Crippen LogP contribution in [0, 0.1) is 12.7 Å². The van der Waals surface area contributed by atoms with Crippen molar-refractivity contribution in [2.75, 3.05) is 19.6 Å². The topological polar surface area (TPSA) is 62.4 Å². The minimum atomic E-state index is -0.267. The van der Waals surface area contributed by atoms with Crippen LogP contribution in [0.1, 0.15) is 24.3 Å². The molecule has 6 heteroatoms. The Balaban J connectivity index is 1.55.